The van der Waals surface area contributed by atoms with Gasteiger partial charge in [0, 0.05) is 36.8 Å². The zero-order chi connectivity index (χ0) is 23.7. The molecule has 0 aliphatic heterocycles. The maximum absolute atomic E-state index is 14.9. The van der Waals surface area contributed by atoms with Crippen LogP contribution < -0.4 is 10.2 Å². The van der Waals surface area contributed by atoms with Gasteiger partial charge < -0.3 is 5.32 Å². The van der Waals surface area contributed by atoms with Crippen LogP contribution in [0.4, 0.5) is 23.2 Å². The van der Waals surface area contributed by atoms with Gasteiger partial charge >= 0.3 is 0 Å². The molecule has 11 heteroatoms. The first-order valence-electron chi connectivity index (χ1n) is 9.78. The lowest BCUT2D eigenvalue weighted by Gasteiger charge is -2.40. The molecule has 0 saturated heterocycles. The van der Waals surface area contributed by atoms with Crippen LogP contribution in [0.5, 0.6) is 0 Å². The van der Waals surface area contributed by atoms with Gasteiger partial charge in [-0.05, 0) is 38.0 Å². The molecular weight excluding hydrogens is 452 g/mol. The first-order chi connectivity index (χ1) is 15.0. The highest BCUT2D eigenvalue weighted by Gasteiger charge is 2.49. The highest BCUT2D eigenvalue weighted by Crippen LogP contribution is 2.38. The molecule has 0 radical (unpaired) electrons. The highest BCUT2D eigenvalue weighted by molar-refractivity contribution is 6.32. The molecule has 1 aliphatic carbocycles. The molecule has 32 heavy (non-hydrogen) atoms. The molecule has 1 N–H and O–H groups in total. The molecule has 1 saturated carbocycles. The van der Waals surface area contributed by atoms with Crippen molar-refractivity contribution in [1.29, 1.82) is 0 Å². The Morgan fingerprint density at radius 3 is 2.50 bits per heavy atom. The van der Waals surface area contributed by atoms with Gasteiger partial charge in [0.15, 0.2) is 5.54 Å². The monoisotopic (exact) mass is 472 g/mol. The van der Waals surface area contributed by atoms with E-state index in [1.165, 1.54) is 31.5 Å². The van der Waals surface area contributed by atoms with Gasteiger partial charge in [0.05, 0.1) is 5.69 Å². The van der Waals surface area contributed by atoms with Crippen molar-refractivity contribution in [2.45, 2.75) is 56.2 Å². The van der Waals surface area contributed by atoms with Crippen molar-refractivity contribution in [2.24, 2.45) is 0 Å². The minimum atomic E-state index is -2.94. The van der Waals surface area contributed by atoms with Gasteiger partial charge in [-0.15, -0.1) is 0 Å². The summed E-state index contributed by atoms with van der Waals surface area (Å²) in [7, 11) is 0. The number of hydrogen-bond donors (Lipinski definition) is 1. The second-order valence-electron chi connectivity index (χ2n) is 7.90. The summed E-state index contributed by atoms with van der Waals surface area (Å²) in [6.07, 6.45) is 2.57. The lowest BCUT2D eigenvalue weighted by Crippen LogP contribution is -2.60. The lowest BCUT2D eigenvalue weighted by molar-refractivity contribution is -0.131. The smallest absolute Gasteiger partial charge is 0.278 e. The van der Waals surface area contributed by atoms with Crippen LogP contribution in [0.3, 0.4) is 0 Å². The van der Waals surface area contributed by atoms with Crippen LogP contribution in [0.1, 0.15) is 37.3 Å². The van der Waals surface area contributed by atoms with Gasteiger partial charge in [-0.2, -0.15) is 0 Å². The molecule has 0 spiro atoms. The lowest BCUT2D eigenvalue weighted by atomic mass is 9.89. The zero-order valence-corrected chi connectivity index (χ0v) is 18.0. The van der Waals surface area contributed by atoms with Crippen molar-refractivity contribution in [3.8, 4) is 0 Å². The fraction of sp³-hybridized carbons (Fsp3) is 0.429. The summed E-state index contributed by atoms with van der Waals surface area (Å²) in [5.41, 5.74) is -4.60. The number of anilines is 1. The Balaban J connectivity index is 2.14. The van der Waals surface area contributed by atoms with E-state index in [2.05, 4.69) is 15.3 Å². The molecule has 0 unspecified atom stereocenters. The summed E-state index contributed by atoms with van der Waals surface area (Å²) >= 11 is 5.42. The van der Waals surface area contributed by atoms with E-state index in [1.54, 1.807) is 6.92 Å². The average Bonchev–Trinajstić information content (AvgIpc) is 3.08. The number of alkyl halides is 4. The Kier molecular flexibility index (Phi) is 6.73. The second kappa shape index (κ2) is 9.01. The van der Waals surface area contributed by atoms with Gasteiger partial charge in [-0.25, -0.2) is 27.5 Å². The quantitative estimate of drug-likeness (QED) is 0.509. The van der Waals surface area contributed by atoms with E-state index in [-0.39, 0.29) is 12.0 Å². The van der Waals surface area contributed by atoms with E-state index in [0.717, 1.165) is 12.4 Å². The molecule has 1 aliphatic rings. The van der Waals surface area contributed by atoms with Crippen molar-refractivity contribution in [1.82, 2.24) is 15.3 Å². The van der Waals surface area contributed by atoms with E-state index in [4.69, 9.17) is 11.6 Å². The number of aryl methyl sites for hydroxylation is 1. The van der Waals surface area contributed by atoms with E-state index >= 15 is 0 Å². The Bertz CT molecular complexity index is 1010. The fourth-order valence-electron chi connectivity index (χ4n) is 3.78. The Hall–Kier alpha value is -2.75. The number of aromatic nitrogens is 2. The van der Waals surface area contributed by atoms with Crippen molar-refractivity contribution >= 4 is 29.1 Å². The number of benzene rings is 1. The molecule has 1 aromatic heterocycles. The third-order valence-electron chi connectivity index (χ3n) is 5.50. The summed E-state index contributed by atoms with van der Waals surface area (Å²) in [5.74, 6) is -6.18. The van der Waals surface area contributed by atoms with E-state index < -0.39 is 59.3 Å². The molecule has 1 heterocycles. The number of nitrogens with zero attached hydrogens (tertiary/aromatic N) is 3. The van der Waals surface area contributed by atoms with Crippen LogP contribution in [-0.4, -0.2) is 39.4 Å². The number of hydrogen-bond acceptors (Lipinski definition) is 4. The Morgan fingerprint density at radius 2 is 1.97 bits per heavy atom. The maximum atomic E-state index is 14.9. The van der Waals surface area contributed by atoms with Crippen LogP contribution in [-0.2, 0) is 15.1 Å². The predicted molar refractivity (Wildman–Crippen MR) is 109 cm³/mol. The number of carbonyl (C=O) groups excluding carboxylic acids is 2. The van der Waals surface area contributed by atoms with Crippen molar-refractivity contribution in [3.63, 3.8) is 0 Å². The van der Waals surface area contributed by atoms with Gasteiger partial charge in [0.25, 0.3) is 17.4 Å². The standard InChI is InChI=1S/C21H21ClF4N4O2/c1-12-3-4-16(15(23)7-12)30(18(31)17(22)24)20(2,13-9-27-11-28-10-13)19(32)29-14-5-6-21(25,26)8-14/h3-4,7,9-11,14,17H,5-6,8H2,1-2H3,(H,29,32)/t14-,17-,20+/m0/s1. The third-order valence-corrected chi connectivity index (χ3v) is 5.69. The highest BCUT2D eigenvalue weighted by atomic mass is 35.5. The zero-order valence-electron chi connectivity index (χ0n) is 17.3. The molecule has 2 aromatic rings. The van der Waals surface area contributed by atoms with Crippen LogP contribution in [0, 0.1) is 12.7 Å². The molecule has 6 nitrogen and oxygen atoms in total. The largest absolute Gasteiger partial charge is 0.351 e. The number of rotatable bonds is 6. The number of nitrogens with one attached hydrogen (secondary N) is 1. The summed E-state index contributed by atoms with van der Waals surface area (Å²) < 4.78 is 56.3. The topological polar surface area (TPSA) is 75.2 Å². The summed E-state index contributed by atoms with van der Waals surface area (Å²) in [6.45, 7) is 2.83. The van der Waals surface area contributed by atoms with Gasteiger partial charge in [0.2, 0.25) is 5.92 Å². The molecule has 172 valence electrons. The number of halogens is 5. The van der Waals surface area contributed by atoms with E-state index in [9.17, 15) is 27.2 Å². The van der Waals surface area contributed by atoms with Crippen molar-refractivity contribution < 1.29 is 27.2 Å². The number of carbonyl (C=O) groups is 2. The maximum Gasteiger partial charge on any atom is 0.278 e. The summed E-state index contributed by atoms with van der Waals surface area (Å²) in [6, 6.07) is 2.89. The van der Waals surface area contributed by atoms with Crippen molar-refractivity contribution in [3.05, 3.63) is 53.9 Å². The van der Waals surface area contributed by atoms with Crippen molar-refractivity contribution in [2.75, 3.05) is 4.90 Å². The molecule has 1 fully saturated rings. The fourth-order valence-corrected chi connectivity index (χ4v) is 3.88. The average molecular weight is 473 g/mol. The second-order valence-corrected chi connectivity index (χ2v) is 8.28. The summed E-state index contributed by atoms with van der Waals surface area (Å²) in [5, 5.41) is 2.49. The van der Waals surface area contributed by atoms with Crippen LogP contribution in [0.25, 0.3) is 0 Å². The van der Waals surface area contributed by atoms with Gasteiger partial charge in [-0.1, -0.05) is 17.7 Å². The normalized spacial score (nSPS) is 20.3. The molecule has 0 bridgehead atoms. The van der Waals surface area contributed by atoms with E-state index in [0.29, 0.717) is 10.5 Å². The van der Waals surface area contributed by atoms with Crippen LogP contribution in [0.15, 0.2) is 36.9 Å². The van der Waals surface area contributed by atoms with Crippen LogP contribution >= 0.6 is 11.6 Å². The third kappa shape index (κ3) is 4.69. The molecule has 3 atom stereocenters. The predicted octanol–water partition coefficient (Wildman–Crippen LogP) is 4.01. The Labute approximate surface area is 187 Å². The summed E-state index contributed by atoms with van der Waals surface area (Å²) in [4.78, 5) is 34.6. The molecule has 1 aromatic carbocycles. The molecule has 2 amide bonds. The minimum absolute atomic E-state index is 0.00731. The van der Waals surface area contributed by atoms with Gasteiger partial charge in [0.1, 0.15) is 12.1 Å². The van der Waals surface area contributed by atoms with E-state index in [1.807, 2.05) is 0 Å². The Morgan fingerprint density at radius 1 is 1.31 bits per heavy atom. The van der Waals surface area contributed by atoms with Gasteiger partial charge in [-0.3, -0.25) is 14.5 Å². The minimum Gasteiger partial charge on any atom is -0.351 e. The first-order valence-corrected chi connectivity index (χ1v) is 10.2. The molecular formula is C21H21ClF4N4O2. The number of amides is 2. The SMILES string of the molecule is Cc1ccc(N(C(=O)[C@H](F)Cl)[C@@](C)(C(=O)N[C@H]2CCC(F)(F)C2)c2cncnc2)c(F)c1. The van der Waals surface area contributed by atoms with Crippen LogP contribution in [0.2, 0.25) is 0 Å². The molecule has 3 rings (SSSR count). The first kappa shape index (κ1) is 23.9.